The summed E-state index contributed by atoms with van der Waals surface area (Å²) >= 11 is 5.81. The third-order valence-corrected chi connectivity index (χ3v) is 4.71. The quantitative estimate of drug-likeness (QED) is 0.727. The maximum absolute atomic E-state index is 11.9. The van der Waals surface area contributed by atoms with E-state index < -0.39 is 10.0 Å². The van der Waals surface area contributed by atoms with Crippen molar-refractivity contribution in [3.8, 4) is 0 Å². The molecule has 0 heterocycles. The average molecular weight is 339 g/mol. The van der Waals surface area contributed by atoms with Crippen molar-refractivity contribution >= 4 is 21.6 Å². The van der Waals surface area contributed by atoms with Crippen LogP contribution in [0.5, 0.6) is 0 Å². The van der Waals surface area contributed by atoms with Crippen LogP contribution in [0.4, 0.5) is 0 Å². The van der Waals surface area contributed by atoms with E-state index in [0.717, 1.165) is 11.1 Å². The van der Waals surface area contributed by atoms with Gasteiger partial charge in [0.1, 0.15) is 0 Å². The van der Waals surface area contributed by atoms with Gasteiger partial charge >= 0.3 is 0 Å². The molecule has 0 aliphatic carbocycles. The summed E-state index contributed by atoms with van der Waals surface area (Å²) in [6, 6.07) is 16.9. The van der Waals surface area contributed by atoms with E-state index in [9.17, 15) is 8.42 Å². The van der Waals surface area contributed by atoms with Crippen molar-refractivity contribution in [2.75, 3.05) is 12.3 Å². The van der Waals surface area contributed by atoms with Crippen molar-refractivity contribution in [1.29, 1.82) is 0 Å². The van der Waals surface area contributed by atoms with E-state index in [4.69, 9.17) is 11.6 Å². The molecule has 4 nitrogen and oxygen atoms in total. The minimum Gasteiger partial charge on any atom is -0.312 e. The fourth-order valence-corrected chi connectivity index (χ4v) is 2.97. The first kappa shape index (κ1) is 17.0. The fraction of sp³-hybridized carbons (Fsp3) is 0.250. The summed E-state index contributed by atoms with van der Waals surface area (Å²) in [5.41, 5.74) is 2.01. The standard InChI is InChI=1S/C16H19ClN2O2S/c17-16-8-6-15(7-9-16)12-18-10-11-22(20,21)19-13-14-4-2-1-3-5-14/h1-9,18-19H,10-13H2. The molecule has 0 aliphatic rings. The van der Waals surface area contributed by atoms with Crippen LogP contribution in [0.1, 0.15) is 11.1 Å². The highest BCUT2D eigenvalue weighted by molar-refractivity contribution is 7.89. The van der Waals surface area contributed by atoms with Crippen molar-refractivity contribution in [2.24, 2.45) is 0 Å². The zero-order chi connectivity index (χ0) is 15.8. The Balaban J connectivity index is 1.70. The number of hydrogen-bond donors (Lipinski definition) is 2. The van der Waals surface area contributed by atoms with Crippen LogP contribution >= 0.6 is 11.6 Å². The molecular weight excluding hydrogens is 320 g/mol. The number of sulfonamides is 1. The molecule has 2 rings (SSSR count). The van der Waals surface area contributed by atoms with Crippen molar-refractivity contribution in [3.63, 3.8) is 0 Å². The molecule has 0 unspecified atom stereocenters. The predicted octanol–water partition coefficient (Wildman–Crippen LogP) is 2.55. The molecule has 118 valence electrons. The molecule has 2 aromatic carbocycles. The Labute approximate surface area is 136 Å². The van der Waals surface area contributed by atoms with Gasteiger partial charge in [-0.1, -0.05) is 54.1 Å². The molecular formula is C16H19ClN2O2S. The molecule has 0 saturated heterocycles. The van der Waals surface area contributed by atoms with Gasteiger partial charge in [0, 0.05) is 24.7 Å². The van der Waals surface area contributed by atoms with Gasteiger partial charge in [0.15, 0.2) is 0 Å². The molecule has 0 radical (unpaired) electrons. The Hall–Kier alpha value is -1.40. The molecule has 0 amide bonds. The van der Waals surface area contributed by atoms with Gasteiger partial charge in [-0.3, -0.25) is 0 Å². The van der Waals surface area contributed by atoms with Gasteiger partial charge < -0.3 is 5.32 Å². The van der Waals surface area contributed by atoms with E-state index in [1.807, 2.05) is 54.6 Å². The Morgan fingerprint density at radius 2 is 1.50 bits per heavy atom. The highest BCUT2D eigenvalue weighted by atomic mass is 35.5. The molecule has 0 fully saturated rings. The molecule has 0 bridgehead atoms. The van der Waals surface area contributed by atoms with Gasteiger partial charge in [0.2, 0.25) is 10.0 Å². The van der Waals surface area contributed by atoms with Crippen LogP contribution < -0.4 is 10.0 Å². The summed E-state index contributed by atoms with van der Waals surface area (Å²) in [5, 5.41) is 3.80. The summed E-state index contributed by atoms with van der Waals surface area (Å²) in [5.74, 6) is 0.0490. The van der Waals surface area contributed by atoms with Crippen LogP contribution in [0, 0.1) is 0 Å². The number of hydrogen-bond acceptors (Lipinski definition) is 3. The molecule has 0 saturated carbocycles. The Kier molecular flexibility index (Phi) is 6.39. The van der Waals surface area contributed by atoms with Crippen LogP contribution in [0.25, 0.3) is 0 Å². The number of rotatable bonds is 8. The van der Waals surface area contributed by atoms with Gasteiger partial charge in [0.25, 0.3) is 0 Å². The number of nitrogens with one attached hydrogen (secondary N) is 2. The molecule has 0 aromatic heterocycles. The first-order valence-corrected chi connectivity index (χ1v) is 9.05. The van der Waals surface area contributed by atoms with E-state index >= 15 is 0 Å². The molecule has 6 heteroatoms. The van der Waals surface area contributed by atoms with Crippen molar-refractivity contribution in [2.45, 2.75) is 13.1 Å². The Morgan fingerprint density at radius 3 is 2.18 bits per heavy atom. The third-order valence-electron chi connectivity index (χ3n) is 3.13. The number of benzene rings is 2. The molecule has 0 spiro atoms. The minimum atomic E-state index is -3.27. The van der Waals surface area contributed by atoms with E-state index in [1.165, 1.54) is 0 Å². The minimum absolute atomic E-state index is 0.0490. The molecule has 22 heavy (non-hydrogen) atoms. The summed E-state index contributed by atoms with van der Waals surface area (Å²) in [6.45, 7) is 1.33. The lowest BCUT2D eigenvalue weighted by Crippen LogP contribution is -2.31. The maximum atomic E-state index is 11.9. The van der Waals surface area contributed by atoms with Crippen LogP contribution in [-0.2, 0) is 23.1 Å². The maximum Gasteiger partial charge on any atom is 0.213 e. The summed E-state index contributed by atoms with van der Waals surface area (Å²) in [4.78, 5) is 0. The second kappa shape index (κ2) is 8.29. The normalized spacial score (nSPS) is 11.5. The smallest absolute Gasteiger partial charge is 0.213 e. The monoisotopic (exact) mass is 338 g/mol. The van der Waals surface area contributed by atoms with Gasteiger partial charge in [-0.15, -0.1) is 0 Å². The lowest BCUT2D eigenvalue weighted by Gasteiger charge is -2.08. The van der Waals surface area contributed by atoms with Gasteiger partial charge in [-0.25, -0.2) is 13.1 Å². The molecule has 2 N–H and O–H groups in total. The van der Waals surface area contributed by atoms with E-state index in [2.05, 4.69) is 10.0 Å². The second-order valence-corrected chi connectivity index (χ2v) is 7.29. The summed E-state index contributed by atoms with van der Waals surface area (Å²) in [7, 11) is -3.27. The predicted molar refractivity (Wildman–Crippen MR) is 90.2 cm³/mol. The first-order chi connectivity index (χ1) is 10.6. The average Bonchev–Trinajstić information content (AvgIpc) is 2.52. The zero-order valence-electron chi connectivity index (χ0n) is 12.1. The largest absolute Gasteiger partial charge is 0.312 e. The van der Waals surface area contributed by atoms with Gasteiger partial charge in [0.05, 0.1) is 5.75 Å². The van der Waals surface area contributed by atoms with Crippen LogP contribution in [0.3, 0.4) is 0 Å². The lowest BCUT2D eigenvalue weighted by atomic mass is 10.2. The van der Waals surface area contributed by atoms with Crippen LogP contribution in [0.15, 0.2) is 54.6 Å². The first-order valence-electron chi connectivity index (χ1n) is 7.01. The fourth-order valence-electron chi connectivity index (χ4n) is 1.90. The van der Waals surface area contributed by atoms with E-state index in [-0.39, 0.29) is 5.75 Å². The van der Waals surface area contributed by atoms with Crippen LogP contribution in [0.2, 0.25) is 5.02 Å². The van der Waals surface area contributed by atoms with E-state index in [1.54, 1.807) is 0 Å². The van der Waals surface area contributed by atoms with Crippen molar-refractivity contribution < 1.29 is 8.42 Å². The highest BCUT2D eigenvalue weighted by Gasteiger charge is 2.09. The van der Waals surface area contributed by atoms with E-state index in [0.29, 0.717) is 24.7 Å². The summed E-state index contributed by atoms with van der Waals surface area (Å²) in [6.07, 6.45) is 0. The Morgan fingerprint density at radius 1 is 0.864 bits per heavy atom. The van der Waals surface area contributed by atoms with Gasteiger partial charge in [-0.2, -0.15) is 0 Å². The molecule has 0 aliphatic heterocycles. The number of halogens is 1. The highest BCUT2D eigenvalue weighted by Crippen LogP contribution is 2.09. The molecule has 0 atom stereocenters. The zero-order valence-corrected chi connectivity index (χ0v) is 13.7. The topological polar surface area (TPSA) is 58.2 Å². The van der Waals surface area contributed by atoms with Gasteiger partial charge in [-0.05, 0) is 23.3 Å². The second-order valence-electron chi connectivity index (χ2n) is 4.93. The van der Waals surface area contributed by atoms with Crippen molar-refractivity contribution in [3.05, 3.63) is 70.7 Å². The lowest BCUT2D eigenvalue weighted by molar-refractivity contribution is 0.576. The van der Waals surface area contributed by atoms with Crippen molar-refractivity contribution in [1.82, 2.24) is 10.0 Å². The summed E-state index contributed by atoms with van der Waals surface area (Å²) < 4.78 is 26.4. The SMILES string of the molecule is O=S(=O)(CCNCc1ccc(Cl)cc1)NCc1ccccc1. The van der Waals surface area contributed by atoms with Crippen LogP contribution in [-0.4, -0.2) is 20.7 Å². The Bertz CT molecular complexity index is 673. The third kappa shape index (κ3) is 6.15. The molecule has 2 aromatic rings.